The fourth-order valence-electron chi connectivity index (χ4n) is 2.17. The van der Waals surface area contributed by atoms with Crippen LogP contribution < -0.4 is 0 Å². The molecule has 0 saturated carbocycles. The van der Waals surface area contributed by atoms with Gasteiger partial charge in [-0.3, -0.25) is 9.59 Å². The third kappa shape index (κ3) is 16.6. The van der Waals surface area contributed by atoms with E-state index in [0.29, 0.717) is 19.1 Å². The molecule has 132 valence electrons. The van der Waals surface area contributed by atoms with Crippen molar-refractivity contribution < 1.29 is 19.1 Å². The quantitative estimate of drug-likeness (QED) is 0.273. The van der Waals surface area contributed by atoms with Crippen LogP contribution in [0.5, 0.6) is 0 Å². The van der Waals surface area contributed by atoms with E-state index in [2.05, 4.69) is 20.8 Å². The van der Waals surface area contributed by atoms with Crippen molar-refractivity contribution in [1.29, 1.82) is 0 Å². The van der Waals surface area contributed by atoms with Crippen LogP contribution in [-0.4, -0.2) is 54.7 Å². The molecule has 1 atom stereocenters. The van der Waals surface area contributed by atoms with Gasteiger partial charge >= 0.3 is 41.5 Å². The van der Waals surface area contributed by atoms with E-state index in [4.69, 9.17) is 9.47 Å². The van der Waals surface area contributed by atoms with Crippen molar-refractivity contribution in [3.05, 3.63) is 0 Å². The Labute approximate surface area is 164 Å². The molecule has 0 aromatic heterocycles. The van der Waals surface area contributed by atoms with E-state index >= 15 is 0 Å². The van der Waals surface area contributed by atoms with Gasteiger partial charge in [-0.15, -0.1) is 0 Å². The summed E-state index contributed by atoms with van der Waals surface area (Å²) >= 11 is 0. The molecule has 0 radical (unpaired) electrons. The number of hydrogen-bond acceptors (Lipinski definition) is 4. The number of unbranched alkanes of at least 4 members (excludes halogenated alkanes) is 4. The molecular formula is C18H35NaO4. The van der Waals surface area contributed by atoms with Crippen LogP contribution in [0.15, 0.2) is 0 Å². The molecule has 0 aromatic rings. The van der Waals surface area contributed by atoms with Gasteiger partial charge in [0.2, 0.25) is 0 Å². The first-order valence-electron chi connectivity index (χ1n) is 8.95. The number of carbonyl (C=O) groups is 2. The molecule has 0 rings (SSSR count). The van der Waals surface area contributed by atoms with E-state index < -0.39 is 0 Å². The second-order valence-corrected chi connectivity index (χ2v) is 5.88. The monoisotopic (exact) mass is 338 g/mol. The van der Waals surface area contributed by atoms with Crippen LogP contribution in [0.2, 0.25) is 0 Å². The zero-order valence-corrected chi connectivity index (χ0v) is 14.7. The molecule has 0 aliphatic carbocycles. The average Bonchev–Trinajstić information content (AvgIpc) is 2.53. The third-order valence-electron chi connectivity index (χ3n) is 3.82. The summed E-state index contributed by atoms with van der Waals surface area (Å²) in [5.74, 6) is -0.154. The van der Waals surface area contributed by atoms with Gasteiger partial charge in [0.1, 0.15) is 0 Å². The molecule has 0 heterocycles. The van der Waals surface area contributed by atoms with Crippen LogP contribution in [0.1, 0.15) is 85.0 Å². The third-order valence-corrected chi connectivity index (χ3v) is 3.82. The Morgan fingerprint density at radius 1 is 0.826 bits per heavy atom. The van der Waals surface area contributed by atoms with E-state index in [1.807, 2.05) is 0 Å². The molecule has 0 spiro atoms. The summed E-state index contributed by atoms with van der Waals surface area (Å²) in [5, 5.41) is 0. The molecule has 1 unspecified atom stereocenters. The number of carbonyl (C=O) groups excluding carboxylic acids is 2. The van der Waals surface area contributed by atoms with Gasteiger partial charge in [0.25, 0.3) is 0 Å². The van der Waals surface area contributed by atoms with Crippen LogP contribution in [0, 0.1) is 5.92 Å². The van der Waals surface area contributed by atoms with Gasteiger partial charge in [-0.2, -0.15) is 0 Å². The summed E-state index contributed by atoms with van der Waals surface area (Å²) in [6, 6.07) is 0. The number of hydrogen-bond donors (Lipinski definition) is 0. The molecular weight excluding hydrogens is 303 g/mol. The molecule has 0 aliphatic rings. The SMILES string of the molecule is CCCCCCOC(=O)CCC(=O)OCC(CC)CCCC.[NaH]. The molecule has 0 fully saturated rings. The first-order valence-corrected chi connectivity index (χ1v) is 8.95. The van der Waals surface area contributed by atoms with E-state index in [0.717, 1.165) is 38.5 Å². The number of ether oxygens (including phenoxy) is 2. The molecule has 0 amide bonds. The van der Waals surface area contributed by atoms with Crippen molar-refractivity contribution in [3.8, 4) is 0 Å². The fraction of sp³-hybridized carbons (Fsp3) is 0.889. The van der Waals surface area contributed by atoms with Crippen LogP contribution in [0.4, 0.5) is 0 Å². The van der Waals surface area contributed by atoms with Gasteiger partial charge < -0.3 is 9.47 Å². The second-order valence-electron chi connectivity index (χ2n) is 5.88. The molecule has 5 heteroatoms. The van der Waals surface area contributed by atoms with E-state index in [-0.39, 0.29) is 54.3 Å². The second kappa shape index (κ2) is 18.3. The molecule has 0 bridgehead atoms. The van der Waals surface area contributed by atoms with Crippen LogP contribution in [0.25, 0.3) is 0 Å². The Hall–Kier alpha value is -0.0600. The van der Waals surface area contributed by atoms with Gasteiger partial charge in [-0.1, -0.05) is 59.3 Å². The van der Waals surface area contributed by atoms with E-state index in [1.54, 1.807) is 0 Å². The zero-order chi connectivity index (χ0) is 16.6. The van der Waals surface area contributed by atoms with Gasteiger partial charge in [-0.05, 0) is 18.8 Å². The van der Waals surface area contributed by atoms with Gasteiger partial charge in [0, 0.05) is 0 Å². The van der Waals surface area contributed by atoms with Crippen LogP contribution in [-0.2, 0) is 19.1 Å². The summed E-state index contributed by atoms with van der Waals surface area (Å²) in [4.78, 5) is 23.1. The van der Waals surface area contributed by atoms with Crippen molar-refractivity contribution in [2.24, 2.45) is 5.92 Å². The van der Waals surface area contributed by atoms with E-state index in [9.17, 15) is 9.59 Å². The predicted molar refractivity (Wildman–Crippen MR) is 95.7 cm³/mol. The number of esters is 2. The Morgan fingerprint density at radius 3 is 2.00 bits per heavy atom. The van der Waals surface area contributed by atoms with Gasteiger partial charge in [0.05, 0.1) is 26.1 Å². The molecule has 0 aromatic carbocycles. The van der Waals surface area contributed by atoms with Crippen LogP contribution in [0.3, 0.4) is 0 Å². The van der Waals surface area contributed by atoms with Crippen molar-refractivity contribution in [1.82, 2.24) is 0 Å². The fourth-order valence-corrected chi connectivity index (χ4v) is 2.17. The molecule has 23 heavy (non-hydrogen) atoms. The number of rotatable bonds is 14. The van der Waals surface area contributed by atoms with Crippen LogP contribution >= 0.6 is 0 Å². The van der Waals surface area contributed by atoms with Gasteiger partial charge in [-0.25, -0.2) is 0 Å². The summed E-state index contributed by atoms with van der Waals surface area (Å²) in [6.45, 7) is 7.35. The van der Waals surface area contributed by atoms with Crippen molar-refractivity contribution in [2.75, 3.05) is 13.2 Å². The van der Waals surface area contributed by atoms with Crippen molar-refractivity contribution in [3.63, 3.8) is 0 Å². The zero-order valence-electron chi connectivity index (χ0n) is 14.7. The molecule has 0 saturated heterocycles. The summed E-state index contributed by atoms with van der Waals surface area (Å²) in [7, 11) is 0. The Morgan fingerprint density at radius 2 is 1.43 bits per heavy atom. The molecule has 4 nitrogen and oxygen atoms in total. The Bertz CT molecular complexity index is 295. The van der Waals surface area contributed by atoms with Crippen molar-refractivity contribution >= 4 is 41.5 Å². The summed E-state index contributed by atoms with van der Waals surface area (Å²) in [5.41, 5.74) is 0. The predicted octanol–water partition coefficient (Wildman–Crippen LogP) is 4.00. The maximum absolute atomic E-state index is 11.6. The Kier molecular flexibility index (Phi) is 20.0. The topological polar surface area (TPSA) is 52.6 Å². The minimum atomic E-state index is -0.300. The maximum atomic E-state index is 11.6. The normalized spacial score (nSPS) is 11.4. The first-order chi connectivity index (χ1) is 10.6. The standard InChI is InChI=1S/C18H34O4.Na.H/c1-4-7-9-10-14-21-17(19)12-13-18(20)22-15-16(6-3)11-8-5-2;;/h16H,4-15H2,1-3H3;;. The average molecular weight is 338 g/mol. The Balaban J connectivity index is 0. The van der Waals surface area contributed by atoms with Crippen molar-refractivity contribution in [2.45, 2.75) is 85.0 Å². The van der Waals surface area contributed by atoms with E-state index in [1.165, 1.54) is 12.8 Å². The first kappa shape index (κ1) is 25.2. The molecule has 0 N–H and O–H groups in total. The van der Waals surface area contributed by atoms with Gasteiger partial charge in [0.15, 0.2) is 0 Å². The molecule has 0 aliphatic heterocycles. The summed E-state index contributed by atoms with van der Waals surface area (Å²) < 4.78 is 10.3. The summed E-state index contributed by atoms with van der Waals surface area (Å²) in [6.07, 6.45) is 9.01. The minimum absolute atomic E-state index is 0.